The number of carbonyl (C=O) groups is 1. The lowest BCUT2D eigenvalue weighted by atomic mass is 10.2. The average molecular weight is 341 g/mol. The van der Waals surface area contributed by atoms with Crippen molar-refractivity contribution in [1.29, 1.82) is 0 Å². The number of rotatable bonds is 6. The van der Waals surface area contributed by atoms with Crippen molar-refractivity contribution in [2.24, 2.45) is 0 Å². The summed E-state index contributed by atoms with van der Waals surface area (Å²) in [6, 6.07) is 5.93. The number of para-hydroxylation sites is 2. The largest absolute Gasteiger partial charge is 0.379 e. The summed E-state index contributed by atoms with van der Waals surface area (Å²) in [5.74, 6) is -0.0606. The first-order valence-corrected chi connectivity index (χ1v) is 9.05. The maximum absolute atomic E-state index is 12.1. The molecule has 1 heterocycles. The molecular formula is C14H19N3O5S. The third kappa shape index (κ3) is 4.41. The third-order valence-corrected chi connectivity index (χ3v) is 5.65. The van der Waals surface area contributed by atoms with Crippen LogP contribution in [0.2, 0.25) is 0 Å². The summed E-state index contributed by atoms with van der Waals surface area (Å²) < 4.78 is 22.9. The van der Waals surface area contributed by atoms with Gasteiger partial charge >= 0.3 is 0 Å². The van der Waals surface area contributed by atoms with Crippen molar-refractivity contribution < 1.29 is 18.1 Å². The molecule has 0 aromatic heterocycles. The van der Waals surface area contributed by atoms with E-state index in [2.05, 4.69) is 5.32 Å². The van der Waals surface area contributed by atoms with Gasteiger partial charge in [-0.25, -0.2) is 8.42 Å². The highest BCUT2D eigenvalue weighted by atomic mass is 32.2. The van der Waals surface area contributed by atoms with Crippen LogP contribution in [0.1, 0.15) is 12.8 Å². The minimum atomic E-state index is -3.04. The van der Waals surface area contributed by atoms with Crippen molar-refractivity contribution in [3.8, 4) is 0 Å². The van der Waals surface area contributed by atoms with Crippen molar-refractivity contribution in [1.82, 2.24) is 4.90 Å². The zero-order valence-corrected chi connectivity index (χ0v) is 13.6. The monoisotopic (exact) mass is 341 g/mol. The van der Waals surface area contributed by atoms with Crippen LogP contribution in [0.4, 0.5) is 11.4 Å². The van der Waals surface area contributed by atoms with Crippen molar-refractivity contribution in [3.05, 3.63) is 34.4 Å². The summed E-state index contributed by atoms with van der Waals surface area (Å²) in [6.07, 6.45) is 0.598. The second-order valence-corrected chi connectivity index (χ2v) is 7.74. The first kappa shape index (κ1) is 17.2. The standard InChI is InChI=1S/C14H19N3O5S/c1-16(11-7-9-23(21,22)10-11)14(18)6-8-15-12-4-2-3-5-13(12)17(19)20/h2-5,11,15H,6-10H2,1H3. The van der Waals surface area contributed by atoms with E-state index in [-0.39, 0.29) is 42.1 Å². The molecule has 1 amide bonds. The number of sulfone groups is 1. The van der Waals surface area contributed by atoms with E-state index in [1.54, 1.807) is 25.2 Å². The lowest BCUT2D eigenvalue weighted by molar-refractivity contribution is -0.384. The van der Waals surface area contributed by atoms with E-state index in [1.807, 2.05) is 0 Å². The SMILES string of the molecule is CN(C(=O)CCNc1ccccc1[N+](=O)[O-])C1CCS(=O)(=O)C1. The molecule has 1 aromatic carbocycles. The number of hydrogen-bond donors (Lipinski definition) is 1. The smallest absolute Gasteiger partial charge is 0.292 e. The van der Waals surface area contributed by atoms with Crippen molar-refractivity contribution in [2.45, 2.75) is 18.9 Å². The number of anilines is 1. The van der Waals surface area contributed by atoms with E-state index in [4.69, 9.17) is 0 Å². The predicted octanol–water partition coefficient (Wildman–Crippen LogP) is 1.04. The molecule has 1 N–H and O–H groups in total. The van der Waals surface area contributed by atoms with Crippen LogP contribution in [0.25, 0.3) is 0 Å². The fourth-order valence-electron chi connectivity index (χ4n) is 2.55. The van der Waals surface area contributed by atoms with Gasteiger partial charge in [-0.1, -0.05) is 12.1 Å². The number of benzene rings is 1. The minimum Gasteiger partial charge on any atom is -0.379 e. The van der Waals surface area contributed by atoms with E-state index < -0.39 is 14.8 Å². The van der Waals surface area contributed by atoms with Gasteiger partial charge in [0, 0.05) is 32.1 Å². The number of amides is 1. The summed E-state index contributed by atoms with van der Waals surface area (Å²) >= 11 is 0. The van der Waals surface area contributed by atoms with Crippen LogP contribution in [-0.2, 0) is 14.6 Å². The molecule has 1 saturated heterocycles. The highest BCUT2D eigenvalue weighted by Gasteiger charge is 2.32. The summed E-state index contributed by atoms with van der Waals surface area (Å²) in [5.41, 5.74) is 0.312. The van der Waals surface area contributed by atoms with Crippen LogP contribution in [0.3, 0.4) is 0 Å². The van der Waals surface area contributed by atoms with Gasteiger partial charge in [-0.05, 0) is 12.5 Å². The molecule has 1 unspecified atom stereocenters. The molecule has 1 aliphatic rings. The van der Waals surface area contributed by atoms with Gasteiger partial charge in [-0.15, -0.1) is 0 Å². The number of carbonyl (C=O) groups excluding carboxylic acids is 1. The second-order valence-electron chi connectivity index (χ2n) is 5.51. The Morgan fingerprint density at radius 2 is 2.13 bits per heavy atom. The maximum Gasteiger partial charge on any atom is 0.292 e. The van der Waals surface area contributed by atoms with Gasteiger partial charge in [-0.2, -0.15) is 0 Å². The van der Waals surface area contributed by atoms with Crippen molar-refractivity contribution in [3.63, 3.8) is 0 Å². The molecule has 0 spiro atoms. The van der Waals surface area contributed by atoms with Gasteiger partial charge in [0.05, 0.1) is 16.4 Å². The Hall–Kier alpha value is -2.16. The molecule has 0 aliphatic carbocycles. The van der Waals surface area contributed by atoms with Crippen molar-refractivity contribution >= 4 is 27.1 Å². The second kappa shape index (κ2) is 6.95. The molecule has 1 aromatic rings. The Bertz CT molecular complexity index is 704. The summed E-state index contributed by atoms with van der Waals surface area (Å²) in [7, 11) is -1.44. The fraction of sp³-hybridized carbons (Fsp3) is 0.500. The van der Waals surface area contributed by atoms with Gasteiger partial charge in [0.15, 0.2) is 9.84 Å². The predicted molar refractivity (Wildman–Crippen MR) is 86.0 cm³/mol. The third-order valence-electron chi connectivity index (χ3n) is 3.90. The average Bonchev–Trinajstić information content (AvgIpc) is 2.86. The van der Waals surface area contributed by atoms with E-state index >= 15 is 0 Å². The molecule has 8 nitrogen and oxygen atoms in total. The van der Waals surface area contributed by atoms with Gasteiger partial charge in [0.25, 0.3) is 5.69 Å². The van der Waals surface area contributed by atoms with E-state index in [1.165, 1.54) is 11.0 Å². The van der Waals surface area contributed by atoms with E-state index in [9.17, 15) is 23.3 Å². The first-order chi connectivity index (χ1) is 10.8. The number of nitrogens with zero attached hydrogens (tertiary/aromatic N) is 2. The zero-order chi connectivity index (χ0) is 17.0. The summed E-state index contributed by atoms with van der Waals surface area (Å²) in [4.78, 5) is 24.0. The fourth-order valence-corrected chi connectivity index (χ4v) is 4.32. The van der Waals surface area contributed by atoms with Crippen LogP contribution >= 0.6 is 0 Å². The molecule has 9 heteroatoms. The molecule has 1 aliphatic heterocycles. The van der Waals surface area contributed by atoms with Gasteiger partial charge in [-0.3, -0.25) is 14.9 Å². The van der Waals surface area contributed by atoms with Crippen molar-refractivity contribution in [2.75, 3.05) is 30.4 Å². The molecule has 126 valence electrons. The Morgan fingerprint density at radius 3 is 2.74 bits per heavy atom. The lowest BCUT2D eigenvalue weighted by Crippen LogP contribution is -2.38. The maximum atomic E-state index is 12.1. The van der Waals surface area contributed by atoms with Crippen LogP contribution in [0, 0.1) is 10.1 Å². The zero-order valence-electron chi connectivity index (χ0n) is 12.8. The Morgan fingerprint density at radius 1 is 1.43 bits per heavy atom. The normalized spacial score (nSPS) is 19.3. The Kier molecular flexibility index (Phi) is 5.19. The molecule has 0 bridgehead atoms. The lowest BCUT2D eigenvalue weighted by Gasteiger charge is -2.23. The molecular weight excluding hydrogens is 322 g/mol. The molecule has 0 saturated carbocycles. The van der Waals surface area contributed by atoms with Gasteiger partial charge in [0.1, 0.15) is 5.69 Å². The highest BCUT2D eigenvalue weighted by molar-refractivity contribution is 7.91. The number of nitro benzene ring substituents is 1. The van der Waals surface area contributed by atoms with Gasteiger partial charge in [0.2, 0.25) is 5.91 Å². The molecule has 0 radical (unpaired) electrons. The van der Waals surface area contributed by atoms with E-state index in [0.29, 0.717) is 12.1 Å². The minimum absolute atomic E-state index is 0.00677. The van der Waals surface area contributed by atoms with Crippen LogP contribution in [0.15, 0.2) is 24.3 Å². The molecule has 23 heavy (non-hydrogen) atoms. The topological polar surface area (TPSA) is 110 Å². The summed E-state index contributed by atoms with van der Waals surface area (Å²) in [5, 5.41) is 13.8. The van der Waals surface area contributed by atoms with Crippen LogP contribution in [-0.4, -0.2) is 55.3 Å². The Balaban J connectivity index is 1.87. The summed E-state index contributed by atoms with van der Waals surface area (Å²) in [6.45, 7) is 0.244. The number of nitrogens with one attached hydrogen (secondary N) is 1. The van der Waals surface area contributed by atoms with Gasteiger partial charge < -0.3 is 10.2 Å². The number of nitro groups is 1. The molecule has 1 fully saturated rings. The number of hydrogen-bond acceptors (Lipinski definition) is 6. The van der Waals surface area contributed by atoms with E-state index in [0.717, 1.165) is 0 Å². The Labute approximate surface area is 134 Å². The molecule has 2 rings (SSSR count). The highest BCUT2D eigenvalue weighted by Crippen LogP contribution is 2.23. The molecule has 1 atom stereocenters. The quantitative estimate of drug-likeness (QED) is 0.611. The van der Waals surface area contributed by atoms with Crippen LogP contribution in [0.5, 0.6) is 0 Å². The first-order valence-electron chi connectivity index (χ1n) is 7.23. The van der Waals surface area contributed by atoms with Crippen LogP contribution < -0.4 is 5.32 Å².